The van der Waals surface area contributed by atoms with E-state index in [1.54, 1.807) is 6.20 Å². The van der Waals surface area contributed by atoms with Crippen molar-refractivity contribution < 1.29 is 0 Å². The van der Waals surface area contributed by atoms with Gasteiger partial charge in [0.05, 0.1) is 6.04 Å². The summed E-state index contributed by atoms with van der Waals surface area (Å²) >= 11 is 7.08. The lowest BCUT2D eigenvalue weighted by atomic mass is 9.95. The average molecular weight is 407 g/mol. The summed E-state index contributed by atoms with van der Waals surface area (Å²) in [6.07, 6.45) is 3.67. The number of benzene rings is 2. The number of halogens is 2. The van der Waals surface area contributed by atoms with Crippen molar-refractivity contribution >= 4 is 42.6 Å². The molecular weight excluding hydrogens is 394 g/mol. The Hall–Kier alpha value is -1.27. The molecule has 1 heterocycles. The van der Waals surface area contributed by atoms with E-state index in [-0.39, 0.29) is 6.04 Å². The van der Waals surface area contributed by atoms with Crippen LogP contribution in [0.1, 0.15) is 17.2 Å². The Balaban J connectivity index is 2.18. The molecule has 0 saturated heterocycles. The molecule has 5 heteroatoms. The zero-order valence-electron chi connectivity index (χ0n) is 11.1. The van der Waals surface area contributed by atoms with Gasteiger partial charge in [-0.1, -0.05) is 56.1 Å². The van der Waals surface area contributed by atoms with E-state index in [1.165, 1.54) is 0 Å². The molecule has 0 fully saturated rings. The molecule has 0 amide bonds. The maximum absolute atomic E-state index is 5.83. The average Bonchev–Trinajstić information content (AvgIpc) is 2.50. The van der Waals surface area contributed by atoms with E-state index in [2.05, 4.69) is 54.4 Å². The molecule has 1 atom stereocenters. The number of nitrogens with two attached hydrogens (primary N) is 1. The topological polar surface area (TPSA) is 50.9 Å². The normalized spacial score (nSPS) is 12.5. The molecule has 3 rings (SSSR count). The number of aromatic nitrogens is 1. The fraction of sp³-hybridized carbons (Fsp3) is 0.0625. The van der Waals surface area contributed by atoms with Gasteiger partial charge in [-0.2, -0.15) is 0 Å². The Morgan fingerprint density at radius 2 is 1.90 bits per heavy atom. The van der Waals surface area contributed by atoms with Crippen molar-refractivity contribution in [3.63, 3.8) is 0 Å². The van der Waals surface area contributed by atoms with Crippen LogP contribution in [-0.2, 0) is 0 Å². The largest absolute Gasteiger partial charge is 0.271 e. The summed E-state index contributed by atoms with van der Waals surface area (Å²) in [5, 5.41) is 2.24. The SMILES string of the molecule is NNC(c1ccc(Br)cc1Br)c1cccc2ccncc12. The van der Waals surface area contributed by atoms with Gasteiger partial charge in [0.2, 0.25) is 0 Å². The summed E-state index contributed by atoms with van der Waals surface area (Å²) < 4.78 is 2.02. The molecule has 0 saturated carbocycles. The molecule has 1 aromatic heterocycles. The van der Waals surface area contributed by atoms with Crippen LogP contribution in [0, 0.1) is 0 Å². The summed E-state index contributed by atoms with van der Waals surface area (Å²) in [6.45, 7) is 0. The Labute approximate surface area is 139 Å². The smallest absolute Gasteiger partial charge is 0.0727 e. The Morgan fingerprint density at radius 3 is 2.67 bits per heavy atom. The second-order valence-corrected chi connectivity index (χ2v) is 6.48. The van der Waals surface area contributed by atoms with Crippen LogP contribution in [0.5, 0.6) is 0 Å². The maximum Gasteiger partial charge on any atom is 0.0727 e. The molecule has 0 bridgehead atoms. The molecule has 0 aliphatic heterocycles. The van der Waals surface area contributed by atoms with Crippen LogP contribution in [-0.4, -0.2) is 4.98 Å². The van der Waals surface area contributed by atoms with Gasteiger partial charge in [-0.3, -0.25) is 10.8 Å². The fourth-order valence-corrected chi connectivity index (χ4v) is 3.75. The number of hydrogen-bond donors (Lipinski definition) is 2. The molecule has 3 aromatic rings. The number of pyridine rings is 1. The molecule has 3 nitrogen and oxygen atoms in total. The Morgan fingerprint density at radius 1 is 1.05 bits per heavy atom. The molecule has 106 valence electrons. The lowest BCUT2D eigenvalue weighted by Crippen LogP contribution is -2.29. The van der Waals surface area contributed by atoms with Crippen molar-refractivity contribution in [3.8, 4) is 0 Å². The predicted octanol–water partition coefficient (Wildman–Crippen LogP) is 4.31. The summed E-state index contributed by atoms with van der Waals surface area (Å²) in [5.41, 5.74) is 5.10. The highest BCUT2D eigenvalue weighted by Crippen LogP contribution is 2.33. The van der Waals surface area contributed by atoms with Crippen molar-refractivity contribution in [2.75, 3.05) is 0 Å². The molecule has 1 unspecified atom stereocenters. The highest BCUT2D eigenvalue weighted by atomic mass is 79.9. The number of nitrogens with one attached hydrogen (secondary N) is 1. The zero-order chi connectivity index (χ0) is 14.8. The number of nitrogens with zero attached hydrogens (tertiary/aromatic N) is 1. The van der Waals surface area contributed by atoms with E-state index in [0.29, 0.717) is 0 Å². The van der Waals surface area contributed by atoms with Gasteiger partial charge in [0.25, 0.3) is 0 Å². The number of hydrogen-bond acceptors (Lipinski definition) is 3. The summed E-state index contributed by atoms with van der Waals surface area (Å²) in [5.74, 6) is 5.83. The lowest BCUT2D eigenvalue weighted by molar-refractivity contribution is 0.638. The van der Waals surface area contributed by atoms with Crippen LogP contribution < -0.4 is 11.3 Å². The summed E-state index contributed by atoms with van der Waals surface area (Å²) in [6, 6.07) is 14.1. The number of rotatable bonds is 3. The van der Waals surface area contributed by atoms with Crippen molar-refractivity contribution in [3.05, 3.63) is 74.9 Å². The van der Waals surface area contributed by atoms with Crippen LogP contribution in [0.15, 0.2) is 63.8 Å². The van der Waals surface area contributed by atoms with Crippen LogP contribution in [0.25, 0.3) is 10.8 Å². The van der Waals surface area contributed by atoms with E-state index >= 15 is 0 Å². The molecule has 2 aromatic carbocycles. The fourth-order valence-electron chi connectivity index (χ4n) is 2.47. The standard InChI is InChI=1S/C16H13Br2N3/c17-11-4-5-13(15(18)8-11)16(21-19)12-3-1-2-10-6-7-20-9-14(10)12/h1-9,16,21H,19H2. The van der Waals surface area contributed by atoms with E-state index in [9.17, 15) is 0 Å². The minimum atomic E-state index is -0.111. The summed E-state index contributed by atoms with van der Waals surface area (Å²) in [7, 11) is 0. The maximum atomic E-state index is 5.83. The van der Waals surface area contributed by atoms with Crippen molar-refractivity contribution in [2.45, 2.75) is 6.04 Å². The van der Waals surface area contributed by atoms with Crippen molar-refractivity contribution in [1.82, 2.24) is 10.4 Å². The highest BCUT2D eigenvalue weighted by molar-refractivity contribution is 9.11. The van der Waals surface area contributed by atoms with Crippen LogP contribution in [0.4, 0.5) is 0 Å². The molecule has 0 aliphatic rings. The number of hydrazine groups is 1. The highest BCUT2D eigenvalue weighted by Gasteiger charge is 2.17. The van der Waals surface area contributed by atoms with Gasteiger partial charge in [0.1, 0.15) is 0 Å². The second kappa shape index (κ2) is 6.23. The minimum Gasteiger partial charge on any atom is -0.271 e. The summed E-state index contributed by atoms with van der Waals surface area (Å²) in [4.78, 5) is 4.23. The van der Waals surface area contributed by atoms with Crippen molar-refractivity contribution in [2.24, 2.45) is 5.84 Å². The van der Waals surface area contributed by atoms with Crippen LogP contribution >= 0.6 is 31.9 Å². The monoisotopic (exact) mass is 405 g/mol. The van der Waals surface area contributed by atoms with E-state index in [4.69, 9.17) is 5.84 Å². The lowest BCUT2D eigenvalue weighted by Gasteiger charge is -2.20. The van der Waals surface area contributed by atoms with Gasteiger partial charge in [0, 0.05) is 26.7 Å². The van der Waals surface area contributed by atoms with Gasteiger partial charge in [0.15, 0.2) is 0 Å². The molecule has 21 heavy (non-hydrogen) atoms. The van der Waals surface area contributed by atoms with Crippen LogP contribution in [0.3, 0.4) is 0 Å². The third kappa shape index (κ3) is 2.87. The van der Waals surface area contributed by atoms with Gasteiger partial charge in [-0.05, 0) is 34.7 Å². The molecule has 0 aliphatic carbocycles. The third-order valence-electron chi connectivity index (χ3n) is 3.47. The first-order chi connectivity index (χ1) is 10.2. The van der Waals surface area contributed by atoms with Gasteiger partial charge in [-0.15, -0.1) is 0 Å². The van der Waals surface area contributed by atoms with Crippen molar-refractivity contribution in [1.29, 1.82) is 0 Å². The predicted molar refractivity (Wildman–Crippen MR) is 92.8 cm³/mol. The first-order valence-corrected chi connectivity index (χ1v) is 8.03. The second-order valence-electron chi connectivity index (χ2n) is 4.71. The first-order valence-electron chi connectivity index (χ1n) is 6.44. The van der Waals surface area contributed by atoms with Gasteiger partial charge >= 0.3 is 0 Å². The van der Waals surface area contributed by atoms with E-state index < -0.39 is 0 Å². The van der Waals surface area contributed by atoms with E-state index in [1.807, 2.05) is 36.5 Å². The zero-order valence-corrected chi connectivity index (χ0v) is 14.2. The first kappa shape index (κ1) is 14.7. The quantitative estimate of drug-likeness (QED) is 0.503. The molecule has 0 radical (unpaired) electrons. The molecule has 3 N–H and O–H groups in total. The molecular formula is C16H13Br2N3. The number of fused-ring (bicyclic) bond motifs is 1. The van der Waals surface area contributed by atoms with Gasteiger partial charge in [-0.25, -0.2) is 5.43 Å². The molecule has 0 spiro atoms. The van der Waals surface area contributed by atoms with E-state index in [0.717, 1.165) is 30.8 Å². The minimum absolute atomic E-state index is 0.111. The van der Waals surface area contributed by atoms with Crippen LogP contribution in [0.2, 0.25) is 0 Å². The Kier molecular flexibility index (Phi) is 4.35. The van der Waals surface area contributed by atoms with Gasteiger partial charge < -0.3 is 0 Å². The Bertz CT molecular complexity index is 784. The third-order valence-corrected chi connectivity index (χ3v) is 4.65.